The molecule has 0 saturated heterocycles. The number of hydrogen-bond acceptors (Lipinski definition) is 2. The van der Waals surface area contributed by atoms with Gasteiger partial charge in [-0.3, -0.25) is 0 Å². The molecule has 3 aromatic rings. The third-order valence-electron chi connectivity index (χ3n) is 5.24. The molecule has 0 aliphatic carbocycles. The zero-order valence-corrected chi connectivity index (χ0v) is 18.8. The maximum atomic E-state index is 14.7. The molecule has 0 unspecified atom stereocenters. The van der Waals surface area contributed by atoms with Gasteiger partial charge in [0.05, 0.1) is 5.56 Å². The topological polar surface area (TPSA) is 26.3 Å². The average Bonchev–Trinajstić information content (AvgIpc) is 2.78. The fraction of sp³-hybridized carbons (Fsp3) is 0.222. The average molecular weight is 492 g/mol. The molecular weight excluding hydrogens is 470 g/mol. The lowest BCUT2D eigenvalue weighted by Gasteiger charge is -2.10. The number of esters is 1. The minimum Gasteiger partial charge on any atom is -0.423 e. The summed E-state index contributed by atoms with van der Waals surface area (Å²) in [5.74, 6) is -4.31. The van der Waals surface area contributed by atoms with Crippen LogP contribution in [-0.2, 0) is 6.42 Å². The Bertz CT molecular complexity index is 1190. The number of halogens is 6. The van der Waals surface area contributed by atoms with E-state index in [-0.39, 0.29) is 34.6 Å². The van der Waals surface area contributed by atoms with Crippen molar-refractivity contribution in [3.8, 4) is 16.9 Å². The van der Waals surface area contributed by atoms with E-state index in [2.05, 4.69) is 6.92 Å². The summed E-state index contributed by atoms with van der Waals surface area (Å²) in [6.07, 6.45) is -0.599. The summed E-state index contributed by atoms with van der Waals surface area (Å²) in [6.45, 7) is 2.11. The van der Waals surface area contributed by atoms with Gasteiger partial charge in [0.2, 0.25) is 0 Å². The van der Waals surface area contributed by atoms with Crippen molar-refractivity contribution in [1.29, 1.82) is 0 Å². The van der Waals surface area contributed by atoms with E-state index in [0.717, 1.165) is 55.5 Å². The van der Waals surface area contributed by atoms with Crippen molar-refractivity contribution in [2.24, 2.45) is 0 Å². The number of unbranched alkanes of at least 4 members (excludes halogenated alkanes) is 2. The number of hydrogen-bond donors (Lipinski definition) is 0. The highest BCUT2D eigenvalue weighted by Gasteiger charge is 2.23. The van der Waals surface area contributed by atoms with E-state index >= 15 is 0 Å². The van der Waals surface area contributed by atoms with Gasteiger partial charge in [0, 0.05) is 23.3 Å². The van der Waals surface area contributed by atoms with Gasteiger partial charge in [0.1, 0.15) is 23.2 Å². The molecule has 35 heavy (non-hydrogen) atoms. The lowest BCUT2D eigenvalue weighted by atomic mass is 10.0. The number of carbonyl (C=O) groups excluding carboxylic acids is 1. The Labute approximate surface area is 198 Å². The van der Waals surface area contributed by atoms with E-state index in [1.165, 1.54) is 6.07 Å². The molecule has 184 valence electrons. The first-order chi connectivity index (χ1) is 16.6. The SMILES string of the molecule is CCCCCc1ccc(C(=O)Oc2ccc(-c3cc(F)c(/C=C/C(F)(F)F)c(F)c3)c(F)c2)cc1. The lowest BCUT2D eigenvalue weighted by Crippen LogP contribution is -2.08. The molecule has 0 saturated carbocycles. The first kappa shape index (κ1) is 26.1. The Morgan fingerprint density at radius 3 is 2.11 bits per heavy atom. The second-order valence-corrected chi connectivity index (χ2v) is 7.91. The Morgan fingerprint density at radius 2 is 1.54 bits per heavy atom. The van der Waals surface area contributed by atoms with Crippen molar-refractivity contribution >= 4 is 12.0 Å². The van der Waals surface area contributed by atoms with Gasteiger partial charge in [-0.25, -0.2) is 18.0 Å². The predicted octanol–water partition coefficient (Wildman–Crippen LogP) is 8.30. The Hall–Kier alpha value is -3.55. The highest BCUT2D eigenvalue weighted by Crippen LogP contribution is 2.30. The summed E-state index contributed by atoms with van der Waals surface area (Å²) < 4.78 is 85.2. The van der Waals surface area contributed by atoms with Crippen LogP contribution in [0.1, 0.15) is 47.7 Å². The number of benzene rings is 3. The Kier molecular flexibility index (Phi) is 8.38. The molecule has 0 aliphatic rings. The molecule has 3 aromatic carbocycles. The van der Waals surface area contributed by atoms with E-state index in [0.29, 0.717) is 0 Å². The van der Waals surface area contributed by atoms with Crippen LogP contribution in [0.4, 0.5) is 26.3 Å². The zero-order valence-electron chi connectivity index (χ0n) is 18.8. The first-order valence-electron chi connectivity index (χ1n) is 10.9. The van der Waals surface area contributed by atoms with Crippen LogP contribution in [0.5, 0.6) is 5.75 Å². The monoisotopic (exact) mass is 492 g/mol. The Balaban J connectivity index is 1.74. The summed E-state index contributed by atoms with van der Waals surface area (Å²) in [4.78, 5) is 12.4. The van der Waals surface area contributed by atoms with Crippen molar-refractivity contribution in [1.82, 2.24) is 0 Å². The summed E-state index contributed by atoms with van der Waals surface area (Å²) in [7, 11) is 0. The number of carbonyl (C=O) groups is 1. The maximum absolute atomic E-state index is 14.7. The second-order valence-electron chi connectivity index (χ2n) is 7.91. The van der Waals surface area contributed by atoms with Crippen LogP contribution in [0.15, 0.2) is 60.7 Å². The normalized spacial score (nSPS) is 11.7. The fourth-order valence-electron chi connectivity index (χ4n) is 3.42. The molecule has 2 nitrogen and oxygen atoms in total. The van der Waals surface area contributed by atoms with Crippen LogP contribution >= 0.6 is 0 Å². The van der Waals surface area contributed by atoms with Crippen molar-refractivity contribution in [2.75, 3.05) is 0 Å². The van der Waals surface area contributed by atoms with Crippen LogP contribution in [-0.4, -0.2) is 12.1 Å². The zero-order chi connectivity index (χ0) is 25.6. The number of allylic oxidation sites excluding steroid dienone is 1. The lowest BCUT2D eigenvalue weighted by molar-refractivity contribution is -0.0790. The predicted molar refractivity (Wildman–Crippen MR) is 121 cm³/mol. The molecule has 0 radical (unpaired) electrons. The van der Waals surface area contributed by atoms with Gasteiger partial charge in [0.25, 0.3) is 0 Å². The highest BCUT2D eigenvalue weighted by atomic mass is 19.4. The van der Waals surface area contributed by atoms with E-state index in [9.17, 15) is 31.1 Å². The van der Waals surface area contributed by atoms with E-state index in [1.807, 2.05) is 12.1 Å². The van der Waals surface area contributed by atoms with Gasteiger partial charge in [-0.15, -0.1) is 0 Å². The van der Waals surface area contributed by atoms with Crippen LogP contribution in [0, 0.1) is 17.5 Å². The van der Waals surface area contributed by atoms with Crippen LogP contribution in [0.25, 0.3) is 17.2 Å². The van der Waals surface area contributed by atoms with Gasteiger partial charge in [-0.05, 0) is 66.4 Å². The number of ether oxygens (including phenoxy) is 1. The van der Waals surface area contributed by atoms with E-state index < -0.39 is 35.2 Å². The summed E-state index contributed by atoms with van der Waals surface area (Å²) in [5, 5.41) is 0. The molecular formula is C27H22F6O2. The van der Waals surface area contributed by atoms with Gasteiger partial charge in [0.15, 0.2) is 0 Å². The van der Waals surface area contributed by atoms with Gasteiger partial charge in [-0.1, -0.05) is 31.9 Å². The van der Waals surface area contributed by atoms with Crippen molar-refractivity contribution in [3.05, 3.63) is 94.8 Å². The largest absolute Gasteiger partial charge is 0.423 e. The van der Waals surface area contributed by atoms with Crippen LogP contribution < -0.4 is 4.74 Å². The molecule has 0 amide bonds. The third-order valence-corrected chi connectivity index (χ3v) is 5.24. The minimum absolute atomic E-state index is 0.117. The van der Waals surface area contributed by atoms with Crippen LogP contribution in [0.3, 0.4) is 0 Å². The quantitative estimate of drug-likeness (QED) is 0.137. The molecule has 0 aromatic heterocycles. The summed E-state index contributed by atoms with van der Waals surface area (Å²) in [6, 6.07) is 11.6. The molecule has 0 fully saturated rings. The number of rotatable bonds is 8. The maximum Gasteiger partial charge on any atom is 0.409 e. The molecule has 8 heteroatoms. The molecule has 0 heterocycles. The van der Waals surface area contributed by atoms with Gasteiger partial charge in [-0.2, -0.15) is 13.2 Å². The van der Waals surface area contributed by atoms with Crippen molar-refractivity contribution < 1.29 is 35.9 Å². The second kappa shape index (κ2) is 11.3. The molecule has 0 bridgehead atoms. The molecule has 0 N–H and O–H groups in total. The summed E-state index contributed by atoms with van der Waals surface area (Å²) in [5.41, 5.74) is 0.0298. The summed E-state index contributed by atoms with van der Waals surface area (Å²) >= 11 is 0. The number of aryl methyl sites for hydroxylation is 1. The standard InChI is InChI=1S/C27H22F6O2/c1-2-3-4-5-17-6-8-18(9-7-17)26(34)35-20-10-11-21(25(30)16-20)19-14-23(28)22(24(29)15-19)12-13-27(31,32)33/h6-16H,2-5H2,1H3/b13-12+. The molecule has 0 atom stereocenters. The van der Waals surface area contributed by atoms with E-state index in [1.54, 1.807) is 12.1 Å². The van der Waals surface area contributed by atoms with Crippen molar-refractivity contribution in [3.63, 3.8) is 0 Å². The third kappa shape index (κ3) is 7.21. The van der Waals surface area contributed by atoms with Crippen LogP contribution in [0.2, 0.25) is 0 Å². The molecule has 0 aliphatic heterocycles. The fourth-order valence-corrected chi connectivity index (χ4v) is 3.42. The molecule has 0 spiro atoms. The van der Waals surface area contributed by atoms with Gasteiger partial charge < -0.3 is 4.74 Å². The minimum atomic E-state index is -4.74. The highest BCUT2D eigenvalue weighted by molar-refractivity contribution is 5.91. The molecule has 3 rings (SSSR count). The first-order valence-corrected chi connectivity index (χ1v) is 10.9. The number of alkyl halides is 3. The Morgan fingerprint density at radius 1 is 0.886 bits per heavy atom. The smallest absolute Gasteiger partial charge is 0.409 e. The van der Waals surface area contributed by atoms with E-state index in [4.69, 9.17) is 4.74 Å². The van der Waals surface area contributed by atoms with Gasteiger partial charge >= 0.3 is 12.1 Å². The van der Waals surface area contributed by atoms with Crippen molar-refractivity contribution in [2.45, 2.75) is 38.8 Å².